The molecule has 9 heteroatoms. The molecule has 2 aromatic heterocycles. The predicted octanol–water partition coefficient (Wildman–Crippen LogP) is 3.98. The first-order valence-corrected chi connectivity index (χ1v) is 11.2. The number of aliphatic carboxylic acids is 1. The molecular weight excluding hydrogens is 415 g/mol. The van der Waals surface area contributed by atoms with Crippen molar-refractivity contribution >= 4 is 27.3 Å². The number of rotatable bonds is 5. The number of carboxylic acid groups (broad SMARTS) is 1. The molecule has 1 N–H and O–H groups in total. The Bertz CT molecular complexity index is 1170. The highest BCUT2D eigenvalue weighted by Gasteiger charge is 2.43. The molecule has 0 amide bonds. The highest BCUT2D eigenvalue weighted by Crippen LogP contribution is 2.42. The molecule has 29 heavy (non-hydrogen) atoms. The molecule has 1 aliphatic rings. The van der Waals surface area contributed by atoms with E-state index in [0.717, 1.165) is 20.3 Å². The minimum Gasteiger partial charge on any atom is -0.480 e. The first kappa shape index (κ1) is 19.7. The molecule has 150 valence electrons. The van der Waals surface area contributed by atoms with Crippen LogP contribution in [0.15, 0.2) is 53.6 Å². The highest BCUT2D eigenvalue weighted by atomic mass is 32.2. The van der Waals surface area contributed by atoms with Crippen LogP contribution in [0, 0.1) is 5.82 Å². The highest BCUT2D eigenvalue weighted by molar-refractivity contribution is 7.89. The van der Waals surface area contributed by atoms with Crippen molar-refractivity contribution in [3.8, 4) is 21.7 Å². The van der Waals surface area contributed by atoms with Gasteiger partial charge in [-0.25, -0.2) is 12.8 Å². The summed E-state index contributed by atoms with van der Waals surface area (Å²) < 4.78 is 39.8. The molecule has 3 heterocycles. The van der Waals surface area contributed by atoms with Crippen LogP contribution in [-0.4, -0.2) is 34.8 Å². The zero-order valence-electron chi connectivity index (χ0n) is 15.4. The van der Waals surface area contributed by atoms with Crippen molar-refractivity contribution < 1.29 is 22.7 Å². The van der Waals surface area contributed by atoms with Gasteiger partial charge in [-0.05, 0) is 48.9 Å². The third kappa shape index (κ3) is 3.45. The maximum Gasteiger partial charge on any atom is 0.322 e. The van der Waals surface area contributed by atoms with Crippen LogP contribution in [0.3, 0.4) is 0 Å². The van der Waals surface area contributed by atoms with E-state index in [2.05, 4.69) is 4.98 Å². The van der Waals surface area contributed by atoms with Gasteiger partial charge >= 0.3 is 5.97 Å². The number of nitrogens with zero attached hydrogens (tertiary/aromatic N) is 2. The normalized spacial score (nSPS) is 16.5. The van der Waals surface area contributed by atoms with Crippen LogP contribution in [-0.2, 0) is 21.4 Å². The van der Waals surface area contributed by atoms with E-state index in [1.54, 1.807) is 37.4 Å². The van der Waals surface area contributed by atoms with Gasteiger partial charge in [-0.1, -0.05) is 6.92 Å². The summed E-state index contributed by atoms with van der Waals surface area (Å²) in [6.07, 6.45) is 1.85. The van der Waals surface area contributed by atoms with Crippen molar-refractivity contribution in [1.29, 1.82) is 0 Å². The molecule has 1 aromatic carbocycles. The van der Waals surface area contributed by atoms with Crippen molar-refractivity contribution in [2.45, 2.75) is 30.8 Å². The summed E-state index contributed by atoms with van der Waals surface area (Å²) >= 11 is 1.32. The van der Waals surface area contributed by atoms with Crippen molar-refractivity contribution in [1.82, 2.24) is 9.29 Å². The van der Waals surface area contributed by atoms with Crippen LogP contribution in [0.5, 0.6) is 0 Å². The third-order valence-electron chi connectivity index (χ3n) is 4.86. The number of carboxylic acids is 1. The lowest BCUT2D eigenvalue weighted by Crippen LogP contribution is -2.40. The number of benzene rings is 1. The Morgan fingerprint density at radius 3 is 2.48 bits per heavy atom. The Labute approximate surface area is 171 Å². The van der Waals surface area contributed by atoms with Crippen LogP contribution < -0.4 is 0 Å². The fraction of sp³-hybridized carbons (Fsp3) is 0.200. The fourth-order valence-electron chi connectivity index (χ4n) is 3.35. The standard InChI is InChI=1S/C20H17FN2O4S2/c1-2-16(20(24)25)23-11-18-19(29(23,26)27)9-17(28-18)13-5-8-15(22-10-13)12-3-6-14(21)7-4-12/h3-10,16H,2,11H2,1H3,(H,24,25). The summed E-state index contributed by atoms with van der Waals surface area (Å²) in [6.45, 7) is 1.72. The Morgan fingerprint density at radius 1 is 1.24 bits per heavy atom. The van der Waals surface area contributed by atoms with E-state index in [1.165, 1.54) is 23.5 Å². The monoisotopic (exact) mass is 432 g/mol. The predicted molar refractivity (Wildman–Crippen MR) is 107 cm³/mol. The first-order valence-electron chi connectivity index (χ1n) is 8.91. The number of hydrogen-bond acceptors (Lipinski definition) is 5. The van der Waals surface area contributed by atoms with Crippen molar-refractivity contribution in [3.05, 3.63) is 59.4 Å². The van der Waals surface area contributed by atoms with Gasteiger partial charge in [0.2, 0.25) is 10.0 Å². The smallest absolute Gasteiger partial charge is 0.322 e. The number of carbonyl (C=O) groups is 1. The van der Waals surface area contributed by atoms with E-state index >= 15 is 0 Å². The largest absolute Gasteiger partial charge is 0.480 e. The Hall–Kier alpha value is -2.62. The molecule has 1 unspecified atom stereocenters. The molecule has 0 radical (unpaired) electrons. The molecule has 6 nitrogen and oxygen atoms in total. The minimum absolute atomic E-state index is 0.0637. The molecule has 1 aliphatic heterocycles. The van der Waals surface area contributed by atoms with Crippen LogP contribution in [0.4, 0.5) is 4.39 Å². The van der Waals surface area contributed by atoms with E-state index in [-0.39, 0.29) is 23.7 Å². The third-order valence-corrected chi connectivity index (χ3v) is 8.08. The van der Waals surface area contributed by atoms with Crippen LogP contribution in [0.2, 0.25) is 0 Å². The van der Waals surface area contributed by atoms with E-state index in [9.17, 15) is 22.7 Å². The lowest BCUT2D eigenvalue weighted by atomic mass is 10.1. The van der Waals surface area contributed by atoms with Gasteiger partial charge in [0.05, 0.1) is 17.1 Å². The number of fused-ring (bicyclic) bond motifs is 1. The molecule has 0 saturated heterocycles. The summed E-state index contributed by atoms with van der Waals surface area (Å²) in [6, 6.07) is 10.2. The fourth-order valence-corrected chi connectivity index (χ4v) is 6.73. The number of pyridine rings is 1. The average Bonchev–Trinajstić information content (AvgIpc) is 3.22. The number of aromatic nitrogens is 1. The molecular formula is C20H17FN2O4S2. The second-order valence-corrected chi connectivity index (χ2v) is 9.65. The Kier molecular flexibility index (Phi) is 4.97. The molecule has 3 aromatic rings. The van der Waals surface area contributed by atoms with Gasteiger partial charge in [0.15, 0.2) is 0 Å². The number of thiophene rings is 1. The quantitative estimate of drug-likeness (QED) is 0.659. The van der Waals surface area contributed by atoms with Crippen LogP contribution >= 0.6 is 11.3 Å². The summed E-state index contributed by atoms with van der Waals surface area (Å²) in [5.74, 6) is -1.46. The number of halogens is 1. The van der Waals surface area contributed by atoms with Gasteiger partial charge in [-0.3, -0.25) is 9.78 Å². The first-order chi connectivity index (χ1) is 13.8. The van der Waals surface area contributed by atoms with E-state index in [1.807, 2.05) is 6.07 Å². The zero-order chi connectivity index (χ0) is 20.8. The molecule has 4 rings (SSSR count). The maximum atomic E-state index is 13.1. The van der Waals surface area contributed by atoms with Gasteiger partial charge in [0.1, 0.15) is 11.9 Å². The summed E-state index contributed by atoms with van der Waals surface area (Å²) in [5, 5.41) is 9.32. The average molecular weight is 432 g/mol. The zero-order valence-corrected chi connectivity index (χ0v) is 17.0. The number of sulfonamides is 1. The maximum absolute atomic E-state index is 13.1. The molecule has 1 atom stereocenters. The van der Waals surface area contributed by atoms with Gasteiger partial charge < -0.3 is 5.11 Å². The van der Waals surface area contributed by atoms with Gasteiger partial charge in [0.25, 0.3) is 0 Å². The second kappa shape index (κ2) is 7.33. The van der Waals surface area contributed by atoms with E-state index in [0.29, 0.717) is 10.6 Å². The van der Waals surface area contributed by atoms with E-state index < -0.39 is 22.0 Å². The lowest BCUT2D eigenvalue weighted by molar-refractivity contribution is -0.141. The lowest BCUT2D eigenvalue weighted by Gasteiger charge is -2.21. The summed E-state index contributed by atoms with van der Waals surface area (Å²) in [7, 11) is -3.84. The molecule has 0 saturated carbocycles. The minimum atomic E-state index is -3.84. The topological polar surface area (TPSA) is 87.6 Å². The van der Waals surface area contributed by atoms with Crippen LogP contribution in [0.1, 0.15) is 18.2 Å². The van der Waals surface area contributed by atoms with Crippen molar-refractivity contribution in [2.24, 2.45) is 0 Å². The number of hydrogen-bond donors (Lipinski definition) is 1. The van der Waals surface area contributed by atoms with Crippen LogP contribution in [0.25, 0.3) is 21.7 Å². The van der Waals surface area contributed by atoms with Crippen molar-refractivity contribution in [3.63, 3.8) is 0 Å². The summed E-state index contributed by atoms with van der Waals surface area (Å²) in [5.41, 5.74) is 2.23. The van der Waals surface area contributed by atoms with Gasteiger partial charge in [0, 0.05) is 27.1 Å². The molecule has 0 aliphatic carbocycles. The molecule has 0 fully saturated rings. The second-order valence-electron chi connectivity index (χ2n) is 6.65. The summed E-state index contributed by atoms with van der Waals surface area (Å²) in [4.78, 5) is 17.3. The Balaban J connectivity index is 1.62. The molecule has 0 bridgehead atoms. The SMILES string of the molecule is CCC(C(=O)O)N1Cc2sc(-c3ccc(-c4ccc(F)cc4)nc3)cc2S1(=O)=O. The molecule has 0 spiro atoms. The Morgan fingerprint density at radius 2 is 1.93 bits per heavy atom. The van der Waals surface area contributed by atoms with Gasteiger partial charge in [-0.15, -0.1) is 11.3 Å². The van der Waals surface area contributed by atoms with Gasteiger partial charge in [-0.2, -0.15) is 4.31 Å². The van der Waals surface area contributed by atoms with E-state index in [4.69, 9.17) is 0 Å². The van der Waals surface area contributed by atoms with Crippen molar-refractivity contribution in [2.75, 3.05) is 0 Å².